The van der Waals surface area contributed by atoms with Crippen molar-refractivity contribution in [2.24, 2.45) is 0 Å². The fourth-order valence-corrected chi connectivity index (χ4v) is 2.67. The molecule has 1 aliphatic heterocycles. The number of nitrogens with one attached hydrogen (secondary N) is 3. The van der Waals surface area contributed by atoms with E-state index in [2.05, 4.69) is 25.5 Å². The summed E-state index contributed by atoms with van der Waals surface area (Å²) in [5.41, 5.74) is 3.27. The fourth-order valence-electron chi connectivity index (χ4n) is 2.67. The van der Waals surface area contributed by atoms with Gasteiger partial charge in [-0.2, -0.15) is 5.10 Å². The molecule has 1 aliphatic rings. The molecule has 0 spiro atoms. The van der Waals surface area contributed by atoms with E-state index in [1.165, 1.54) is 0 Å². The summed E-state index contributed by atoms with van der Waals surface area (Å²) in [5.74, 6) is 0.540. The van der Waals surface area contributed by atoms with Crippen LogP contribution in [0.3, 0.4) is 0 Å². The molecule has 3 rings (SSSR count). The maximum absolute atomic E-state index is 12.3. The zero-order valence-corrected chi connectivity index (χ0v) is 12.4. The van der Waals surface area contributed by atoms with Gasteiger partial charge < -0.3 is 15.0 Å². The topological polar surface area (TPSA) is 95.7 Å². The second-order valence-electron chi connectivity index (χ2n) is 5.45. The first-order chi connectivity index (χ1) is 10.0. The van der Waals surface area contributed by atoms with E-state index < -0.39 is 0 Å². The molecule has 0 aliphatic carbocycles. The zero-order valence-electron chi connectivity index (χ0n) is 12.4. The van der Waals surface area contributed by atoms with Gasteiger partial charge in [-0.3, -0.25) is 9.89 Å². The van der Waals surface area contributed by atoms with Crippen molar-refractivity contribution in [1.82, 2.24) is 25.5 Å². The van der Waals surface area contributed by atoms with Crippen molar-refractivity contribution < 1.29 is 9.53 Å². The Labute approximate surface area is 122 Å². The molecule has 2 aromatic heterocycles. The van der Waals surface area contributed by atoms with Crippen LogP contribution >= 0.6 is 0 Å². The predicted octanol–water partition coefficient (Wildman–Crippen LogP) is 1.39. The summed E-state index contributed by atoms with van der Waals surface area (Å²) in [6.07, 6.45) is 2.45. The number of aromatic amines is 2. The minimum absolute atomic E-state index is 0.0643. The molecule has 112 valence electrons. The van der Waals surface area contributed by atoms with Crippen molar-refractivity contribution >= 4 is 5.91 Å². The Morgan fingerprint density at radius 3 is 3.05 bits per heavy atom. The Morgan fingerprint density at radius 2 is 2.33 bits per heavy atom. The maximum atomic E-state index is 12.3. The molecule has 2 aromatic rings. The van der Waals surface area contributed by atoms with Crippen molar-refractivity contribution in [2.75, 3.05) is 0 Å². The lowest BCUT2D eigenvalue weighted by Gasteiger charge is -2.25. The van der Waals surface area contributed by atoms with E-state index >= 15 is 0 Å². The van der Waals surface area contributed by atoms with E-state index in [0.29, 0.717) is 18.7 Å². The first kappa shape index (κ1) is 13.8. The molecule has 3 N–H and O–H groups in total. The highest BCUT2D eigenvalue weighted by molar-refractivity contribution is 5.94. The number of aryl methyl sites for hydroxylation is 1. The maximum Gasteiger partial charge on any atom is 0.272 e. The lowest BCUT2D eigenvalue weighted by Crippen LogP contribution is -2.27. The standard InChI is InChI=1S/C14H19N5O2/c1-7-5-15-11(17-7)6-16-14(20)13-10-4-8(2)21-9(3)12(10)18-19-13/h5,8-9H,4,6H2,1-3H3,(H,15,17)(H,16,20)(H,18,19)/t8-,9+/m1/s1. The van der Waals surface area contributed by atoms with Crippen molar-refractivity contribution in [3.05, 3.63) is 34.7 Å². The van der Waals surface area contributed by atoms with Crippen LogP contribution in [0.5, 0.6) is 0 Å². The summed E-state index contributed by atoms with van der Waals surface area (Å²) in [6.45, 7) is 6.24. The molecule has 0 saturated heterocycles. The van der Waals surface area contributed by atoms with E-state index in [9.17, 15) is 4.79 Å². The van der Waals surface area contributed by atoms with Gasteiger partial charge in [-0.05, 0) is 20.8 Å². The number of rotatable bonds is 3. The molecule has 7 heteroatoms. The van der Waals surface area contributed by atoms with Gasteiger partial charge in [0.05, 0.1) is 24.4 Å². The normalized spacial score (nSPS) is 21.1. The summed E-state index contributed by atoms with van der Waals surface area (Å²) in [6, 6.07) is 0. The summed E-state index contributed by atoms with van der Waals surface area (Å²) in [7, 11) is 0. The lowest BCUT2D eigenvalue weighted by atomic mass is 9.99. The number of aromatic nitrogens is 4. The molecule has 0 radical (unpaired) electrons. The summed E-state index contributed by atoms with van der Waals surface area (Å²) in [5, 5.41) is 9.91. The SMILES string of the molecule is Cc1cnc(CNC(=O)c2n[nH]c3c2C[C@@H](C)O[C@H]3C)[nH]1. The molecule has 0 bridgehead atoms. The molecular formula is C14H19N5O2. The minimum Gasteiger partial charge on any atom is -0.369 e. The van der Waals surface area contributed by atoms with Crippen LogP contribution in [0.2, 0.25) is 0 Å². The van der Waals surface area contributed by atoms with Crippen LogP contribution in [0.15, 0.2) is 6.20 Å². The first-order valence-corrected chi connectivity index (χ1v) is 7.06. The van der Waals surface area contributed by atoms with E-state index in [1.807, 2.05) is 20.8 Å². The number of amides is 1. The number of carbonyl (C=O) groups is 1. The number of hydrogen-bond acceptors (Lipinski definition) is 4. The van der Waals surface area contributed by atoms with Crippen molar-refractivity contribution in [1.29, 1.82) is 0 Å². The average Bonchev–Trinajstić information content (AvgIpc) is 3.02. The van der Waals surface area contributed by atoms with Gasteiger partial charge in [-0.15, -0.1) is 0 Å². The molecule has 0 unspecified atom stereocenters. The monoisotopic (exact) mass is 289 g/mol. The third kappa shape index (κ3) is 2.69. The summed E-state index contributed by atoms with van der Waals surface area (Å²) >= 11 is 0. The zero-order chi connectivity index (χ0) is 15.0. The van der Waals surface area contributed by atoms with Gasteiger partial charge >= 0.3 is 0 Å². The van der Waals surface area contributed by atoms with Crippen LogP contribution < -0.4 is 5.32 Å². The molecule has 0 saturated carbocycles. The smallest absolute Gasteiger partial charge is 0.272 e. The first-order valence-electron chi connectivity index (χ1n) is 7.06. The Balaban J connectivity index is 1.73. The highest BCUT2D eigenvalue weighted by atomic mass is 16.5. The van der Waals surface area contributed by atoms with E-state index in [0.717, 1.165) is 22.8 Å². The van der Waals surface area contributed by atoms with E-state index in [4.69, 9.17) is 4.74 Å². The largest absolute Gasteiger partial charge is 0.369 e. The molecule has 2 atom stereocenters. The van der Waals surface area contributed by atoms with Crippen LogP contribution in [-0.2, 0) is 17.7 Å². The Morgan fingerprint density at radius 1 is 1.52 bits per heavy atom. The molecular weight excluding hydrogens is 270 g/mol. The van der Waals surface area contributed by atoms with Gasteiger partial charge in [0.2, 0.25) is 0 Å². The number of hydrogen-bond donors (Lipinski definition) is 3. The second kappa shape index (κ2) is 5.33. The molecule has 3 heterocycles. The summed E-state index contributed by atoms with van der Waals surface area (Å²) < 4.78 is 5.72. The predicted molar refractivity (Wildman–Crippen MR) is 75.7 cm³/mol. The van der Waals surface area contributed by atoms with Crippen molar-refractivity contribution in [3.8, 4) is 0 Å². The average molecular weight is 289 g/mol. The van der Waals surface area contributed by atoms with E-state index in [1.54, 1.807) is 6.20 Å². The third-order valence-electron chi connectivity index (χ3n) is 3.62. The van der Waals surface area contributed by atoms with Gasteiger partial charge in [0.1, 0.15) is 5.82 Å². The fraction of sp³-hybridized carbons (Fsp3) is 0.500. The third-order valence-corrected chi connectivity index (χ3v) is 3.62. The molecule has 21 heavy (non-hydrogen) atoms. The lowest BCUT2D eigenvalue weighted by molar-refractivity contribution is -0.00697. The number of nitrogens with zero attached hydrogens (tertiary/aromatic N) is 2. The molecule has 7 nitrogen and oxygen atoms in total. The van der Waals surface area contributed by atoms with Gasteiger partial charge in [0.25, 0.3) is 5.91 Å². The quantitative estimate of drug-likeness (QED) is 0.795. The van der Waals surface area contributed by atoms with Crippen LogP contribution in [0, 0.1) is 6.92 Å². The van der Waals surface area contributed by atoms with Crippen LogP contribution in [0.1, 0.15) is 53.2 Å². The molecule has 1 amide bonds. The van der Waals surface area contributed by atoms with Crippen LogP contribution in [-0.4, -0.2) is 32.2 Å². The van der Waals surface area contributed by atoms with E-state index in [-0.39, 0.29) is 18.1 Å². The van der Waals surface area contributed by atoms with Gasteiger partial charge in [0, 0.05) is 23.9 Å². The Bertz CT molecular complexity index is 660. The van der Waals surface area contributed by atoms with Crippen molar-refractivity contribution in [3.63, 3.8) is 0 Å². The van der Waals surface area contributed by atoms with Crippen LogP contribution in [0.4, 0.5) is 0 Å². The van der Waals surface area contributed by atoms with Gasteiger partial charge in [-0.1, -0.05) is 0 Å². The Hall–Kier alpha value is -2.15. The number of ether oxygens (including phenoxy) is 1. The van der Waals surface area contributed by atoms with Gasteiger partial charge in [0.15, 0.2) is 5.69 Å². The number of H-pyrrole nitrogens is 2. The summed E-state index contributed by atoms with van der Waals surface area (Å²) in [4.78, 5) is 19.5. The molecule has 0 aromatic carbocycles. The number of carbonyl (C=O) groups excluding carboxylic acids is 1. The van der Waals surface area contributed by atoms with Crippen molar-refractivity contribution in [2.45, 2.75) is 45.9 Å². The number of imidazole rings is 1. The molecule has 0 fully saturated rings. The van der Waals surface area contributed by atoms with Gasteiger partial charge in [-0.25, -0.2) is 4.98 Å². The minimum atomic E-state index is -0.192. The highest BCUT2D eigenvalue weighted by Crippen LogP contribution is 2.29. The second-order valence-corrected chi connectivity index (χ2v) is 5.45. The van der Waals surface area contributed by atoms with Crippen LogP contribution in [0.25, 0.3) is 0 Å². The number of fused-ring (bicyclic) bond motifs is 1. The highest BCUT2D eigenvalue weighted by Gasteiger charge is 2.29. The Kier molecular flexibility index (Phi) is 3.50.